The van der Waals surface area contributed by atoms with E-state index >= 15 is 0 Å². The molecule has 0 spiro atoms. The van der Waals surface area contributed by atoms with E-state index in [2.05, 4.69) is 17.0 Å². The Balaban J connectivity index is 1.43. The number of phenolic OH excluding ortho intramolecular Hbond substituents is 1. The predicted octanol–water partition coefficient (Wildman–Crippen LogP) is 2.35. The van der Waals surface area contributed by atoms with Crippen LogP contribution in [0.3, 0.4) is 0 Å². The number of carbonyl (C=O) groups is 3. The first-order chi connectivity index (χ1) is 19.9. The zero-order valence-corrected chi connectivity index (χ0v) is 23.8. The van der Waals surface area contributed by atoms with Crippen LogP contribution in [0.1, 0.15) is 40.7 Å². The molecule has 0 aromatic heterocycles. The normalized spacial score (nSPS) is 27.8. The van der Waals surface area contributed by atoms with Gasteiger partial charge in [-0.05, 0) is 87.1 Å². The highest BCUT2D eigenvalue weighted by Gasteiger charge is 2.62. The van der Waals surface area contributed by atoms with Gasteiger partial charge in [-0.1, -0.05) is 30.3 Å². The molecule has 1 unspecified atom stereocenters. The second-order valence-electron chi connectivity index (χ2n) is 12.2. The van der Waals surface area contributed by atoms with E-state index in [0.717, 1.165) is 30.8 Å². The molecule has 220 valence electrons. The van der Waals surface area contributed by atoms with Crippen molar-refractivity contribution < 1.29 is 29.7 Å². The van der Waals surface area contributed by atoms with E-state index in [9.17, 15) is 29.7 Å². The summed E-state index contributed by atoms with van der Waals surface area (Å²) in [5.41, 5.74) is 12.8. The number of ketones is 2. The van der Waals surface area contributed by atoms with Crippen molar-refractivity contribution in [3.05, 3.63) is 75.8 Å². The Morgan fingerprint density at radius 1 is 1.05 bits per heavy atom. The van der Waals surface area contributed by atoms with Crippen molar-refractivity contribution in [3.63, 3.8) is 0 Å². The van der Waals surface area contributed by atoms with E-state index in [1.54, 1.807) is 25.1 Å². The Labute approximate surface area is 243 Å². The van der Waals surface area contributed by atoms with E-state index in [1.807, 2.05) is 12.1 Å². The monoisotopic (exact) mass is 572 g/mol. The van der Waals surface area contributed by atoms with E-state index in [4.69, 9.17) is 11.5 Å². The lowest BCUT2D eigenvalue weighted by molar-refractivity contribution is -0.129. The number of aliphatic hydroxyl groups excluding tert-OH is 2. The van der Waals surface area contributed by atoms with Gasteiger partial charge in [0.05, 0.1) is 11.6 Å². The average molecular weight is 573 g/mol. The number of primary amides is 1. The van der Waals surface area contributed by atoms with Crippen LogP contribution in [-0.4, -0.2) is 81.4 Å². The first-order valence-corrected chi connectivity index (χ1v) is 14.3. The molecule has 6 rings (SSSR count). The molecule has 42 heavy (non-hydrogen) atoms. The highest BCUT2D eigenvalue weighted by molar-refractivity contribution is 6.25. The number of likely N-dealkylation sites (tertiary alicyclic amines) is 1. The Kier molecular flexibility index (Phi) is 6.75. The summed E-state index contributed by atoms with van der Waals surface area (Å²) in [6, 6.07) is 10.6. The van der Waals surface area contributed by atoms with Crippen LogP contribution in [0, 0.1) is 11.8 Å². The van der Waals surface area contributed by atoms with Crippen LogP contribution < -0.4 is 11.5 Å². The molecule has 1 fully saturated rings. The summed E-state index contributed by atoms with van der Waals surface area (Å²) in [5.74, 6) is -5.55. The van der Waals surface area contributed by atoms with E-state index in [0.29, 0.717) is 12.0 Å². The molecule has 4 aliphatic rings. The van der Waals surface area contributed by atoms with Gasteiger partial charge in [-0.2, -0.15) is 0 Å². The molecule has 1 heterocycles. The lowest BCUT2D eigenvalue weighted by Crippen LogP contribution is -2.68. The summed E-state index contributed by atoms with van der Waals surface area (Å²) in [5, 5.41) is 33.4. The number of hydrogen-bond donors (Lipinski definition) is 5. The molecule has 10 heteroatoms. The molecule has 4 atom stereocenters. The van der Waals surface area contributed by atoms with Gasteiger partial charge >= 0.3 is 0 Å². The topological polar surface area (TPSA) is 170 Å². The van der Waals surface area contributed by atoms with E-state index in [-0.39, 0.29) is 23.3 Å². The molecule has 1 amide bonds. The standard InChI is InChI=1S/C32H36N4O6/c1-35(2)26-21-14-18-13-20-19(17-7-5-16(6-8-17)15-36-11-3-4-12-36)9-10-22(37)24(20)27(38)23(18)29(40)32(21,34)30(41)25(28(26)39)31(33)42/h5-10,18,21,26,37,39-40H,3-4,11-15,34H2,1-2H3,(H2,33,42)/t18-,21-,26?,32-/m0/s1. The Morgan fingerprint density at radius 2 is 1.71 bits per heavy atom. The Hall–Kier alpha value is -3.99. The quantitative estimate of drug-likeness (QED) is 0.338. The van der Waals surface area contributed by atoms with Gasteiger partial charge < -0.3 is 26.8 Å². The van der Waals surface area contributed by atoms with Crippen molar-refractivity contribution in [2.45, 2.75) is 43.8 Å². The lowest BCUT2D eigenvalue weighted by atomic mass is 9.57. The van der Waals surface area contributed by atoms with Gasteiger partial charge in [-0.25, -0.2) is 0 Å². The van der Waals surface area contributed by atoms with Crippen LogP contribution in [0.2, 0.25) is 0 Å². The van der Waals surface area contributed by atoms with Crippen molar-refractivity contribution in [2.75, 3.05) is 27.2 Å². The summed E-state index contributed by atoms with van der Waals surface area (Å²) >= 11 is 0. The number of hydrogen-bond acceptors (Lipinski definition) is 9. The molecule has 2 aromatic rings. The van der Waals surface area contributed by atoms with Crippen molar-refractivity contribution >= 4 is 17.5 Å². The second-order valence-corrected chi connectivity index (χ2v) is 12.2. The molecule has 10 nitrogen and oxygen atoms in total. The predicted molar refractivity (Wildman–Crippen MR) is 156 cm³/mol. The third-order valence-corrected chi connectivity index (χ3v) is 9.58. The maximum atomic E-state index is 14.0. The second kappa shape index (κ2) is 10.1. The number of amides is 1. The van der Waals surface area contributed by atoms with Crippen molar-refractivity contribution in [1.29, 1.82) is 0 Å². The van der Waals surface area contributed by atoms with Gasteiger partial charge in [0.1, 0.15) is 28.4 Å². The summed E-state index contributed by atoms with van der Waals surface area (Å²) < 4.78 is 0. The number of nitrogens with two attached hydrogens (primary N) is 2. The summed E-state index contributed by atoms with van der Waals surface area (Å²) in [6.07, 6.45) is 2.91. The van der Waals surface area contributed by atoms with Gasteiger partial charge in [-0.3, -0.25) is 24.2 Å². The first-order valence-electron chi connectivity index (χ1n) is 14.3. The fraction of sp³-hybridized carbons (Fsp3) is 0.406. The SMILES string of the molecule is CN(C)C1C(O)=C(C(N)=O)C(=O)[C@@]2(N)C(O)=C3C(=O)c4c(O)ccc(-c5ccc(CN6CCCC6)cc5)c4C[C@H]3C[C@@H]12. The number of aromatic hydroxyl groups is 1. The molecular weight excluding hydrogens is 536 g/mol. The number of Topliss-reactive ketones (excluding diaryl/α,β-unsaturated/α-hetero) is 2. The minimum atomic E-state index is -2.15. The first kappa shape index (κ1) is 28.1. The largest absolute Gasteiger partial charge is 0.510 e. The van der Waals surface area contributed by atoms with Crippen LogP contribution in [0.25, 0.3) is 11.1 Å². The van der Waals surface area contributed by atoms with Crippen molar-refractivity contribution in [3.8, 4) is 16.9 Å². The smallest absolute Gasteiger partial charge is 0.255 e. The highest BCUT2D eigenvalue weighted by atomic mass is 16.3. The number of phenols is 1. The van der Waals surface area contributed by atoms with Gasteiger partial charge in [-0.15, -0.1) is 0 Å². The molecule has 7 N–H and O–H groups in total. The molecule has 0 radical (unpaired) electrons. The number of aliphatic hydroxyl groups is 2. The minimum absolute atomic E-state index is 0.0503. The number of fused-ring (bicyclic) bond motifs is 3. The third-order valence-electron chi connectivity index (χ3n) is 9.58. The summed E-state index contributed by atoms with van der Waals surface area (Å²) in [7, 11) is 3.33. The molecule has 2 aromatic carbocycles. The van der Waals surface area contributed by atoms with E-state index < -0.39 is 58.0 Å². The van der Waals surface area contributed by atoms with Crippen LogP contribution in [0.15, 0.2) is 59.1 Å². The average Bonchev–Trinajstić information content (AvgIpc) is 3.44. The molecular formula is C32H36N4O6. The van der Waals surface area contributed by atoms with Crippen LogP contribution in [0.5, 0.6) is 5.75 Å². The van der Waals surface area contributed by atoms with Gasteiger partial charge in [0.25, 0.3) is 5.91 Å². The van der Waals surface area contributed by atoms with Crippen molar-refractivity contribution in [2.24, 2.45) is 23.3 Å². The number of likely N-dealkylation sites (N-methyl/N-ethyl adjacent to an activating group) is 1. The van der Waals surface area contributed by atoms with Gasteiger partial charge in [0, 0.05) is 18.0 Å². The van der Waals surface area contributed by atoms with Gasteiger partial charge in [0.15, 0.2) is 11.6 Å². The minimum Gasteiger partial charge on any atom is -0.510 e. The fourth-order valence-electron chi connectivity index (χ4n) is 7.58. The summed E-state index contributed by atoms with van der Waals surface area (Å²) in [4.78, 5) is 43.8. The summed E-state index contributed by atoms with van der Waals surface area (Å²) in [6.45, 7) is 3.08. The molecule has 1 saturated heterocycles. The zero-order chi connectivity index (χ0) is 30.1. The Morgan fingerprint density at radius 3 is 2.33 bits per heavy atom. The fourth-order valence-corrected chi connectivity index (χ4v) is 7.58. The number of allylic oxidation sites excluding steroid dienone is 1. The molecule has 3 aliphatic carbocycles. The third kappa shape index (κ3) is 4.08. The number of nitrogens with zero attached hydrogens (tertiary/aromatic N) is 2. The lowest BCUT2D eigenvalue weighted by Gasteiger charge is -2.51. The number of carbonyl (C=O) groups excluding carboxylic acids is 3. The van der Waals surface area contributed by atoms with Crippen LogP contribution in [-0.2, 0) is 22.6 Å². The maximum absolute atomic E-state index is 14.0. The zero-order valence-electron chi connectivity index (χ0n) is 23.8. The van der Waals surface area contributed by atoms with Crippen molar-refractivity contribution in [1.82, 2.24) is 9.80 Å². The van der Waals surface area contributed by atoms with Crippen LogP contribution in [0.4, 0.5) is 0 Å². The molecule has 1 aliphatic heterocycles. The maximum Gasteiger partial charge on any atom is 0.255 e. The van der Waals surface area contributed by atoms with Gasteiger partial charge in [0.2, 0.25) is 0 Å². The molecule has 0 saturated carbocycles. The molecule has 0 bridgehead atoms. The number of benzene rings is 2. The number of rotatable bonds is 5. The highest BCUT2D eigenvalue weighted by Crippen LogP contribution is 2.52. The van der Waals surface area contributed by atoms with E-state index in [1.165, 1.54) is 24.5 Å². The Bertz CT molecular complexity index is 1570. The van der Waals surface area contributed by atoms with Crippen LogP contribution >= 0.6 is 0 Å².